The lowest BCUT2D eigenvalue weighted by atomic mass is 10.1. The molecule has 4 nitrogen and oxygen atoms in total. The molecule has 0 radical (unpaired) electrons. The Morgan fingerprint density at radius 1 is 1.10 bits per heavy atom. The van der Waals surface area contributed by atoms with Gasteiger partial charge in [-0.25, -0.2) is 8.42 Å². The summed E-state index contributed by atoms with van der Waals surface area (Å²) in [5, 5.41) is 0. The first-order valence-corrected chi connectivity index (χ1v) is 8.74. The highest BCUT2D eigenvalue weighted by atomic mass is 79.9. The summed E-state index contributed by atoms with van der Waals surface area (Å²) >= 11 is 3.46. The smallest absolute Gasteiger partial charge is 0.261 e. The predicted octanol–water partition coefficient (Wildman–Crippen LogP) is 3.95. The van der Waals surface area contributed by atoms with Gasteiger partial charge in [-0.1, -0.05) is 34.1 Å². The van der Waals surface area contributed by atoms with Gasteiger partial charge < -0.3 is 4.74 Å². The SMILES string of the molecule is COc1ccc(S(=O)(=O)Nc2ccccc2C(C)Br)cc1. The maximum atomic E-state index is 12.4. The number of hydrogen-bond donors (Lipinski definition) is 1. The van der Waals surface area contributed by atoms with Crippen LogP contribution in [-0.2, 0) is 10.0 Å². The Balaban J connectivity index is 2.33. The topological polar surface area (TPSA) is 55.4 Å². The Morgan fingerprint density at radius 3 is 2.29 bits per heavy atom. The Hall–Kier alpha value is -1.53. The Morgan fingerprint density at radius 2 is 1.71 bits per heavy atom. The van der Waals surface area contributed by atoms with Gasteiger partial charge in [0.15, 0.2) is 0 Å². The zero-order valence-electron chi connectivity index (χ0n) is 11.7. The summed E-state index contributed by atoms with van der Waals surface area (Å²) in [4.78, 5) is 0.243. The maximum Gasteiger partial charge on any atom is 0.261 e. The zero-order valence-corrected chi connectivity index (χ0v) is 14.1. The normalized spacial score (nSPS) is 12.7. The fourth-order valence-electron chi connectivity index (χ4n) is 1.90. The molecule has 1 N–H and O–H groups in total. The van der Waals surface area contributed by atoms with Gasteiger partial charge in [0.25, 0.3) is 10.0 Å². The highest BCUT2D eigenvalue weighted by Gasteiger charge is 2.17. The number of sulfonamides is 1. The van der Waals surface area contributed by atoms with Crippen molar-refractivity contribution in [1.29, 1.82) is 0 Å². The lowest BCUT2D eigenvalue weighted by molar-refractivity contribution is 0.414. The van der Waals surface area contributed by atoms with Crippen molar-refractivity contribution in [3.63, 3.8) is 0 Å². The number of alkyl halides is 1. The van der Waals surface area contributed by atoms with E-state index in [1.54, 1.807) is 24.3 Å². The summed E-state index contributed by atoms with van der Waals surface area (Å²) in [5.41, 5.74) is 1.45. The first-order valence-electron chi connectivity index (χ1n) is 6.34. The minimum atomic E-state index is -3.62. The van der Waals surface area contributed by atoms with Crippen molar-refractivity contribution < 1.29 is 13.2 Å². The summed E-state index contributed by atoms with van der Waals surface area (Å²) < 4.78 is 32.5. The number of rotatable bonds is 5. The second-order valence-electron chi connectivity index (χ2n) is 4.48. The molecule has 0 aliphatic carbocycles. The molecular formula is C15H16BrNO3S. The molecule has 0 amide bonds. The van der Waals surface area contributed by atoms with Crippen LogP contribution in [0.2, 0.25) is 0 Å². The number of nitrogens with one attached hydrogen (secondary N) is 1. The fourth-order valence-corrected chi connectivity index (χ4v) is 3.38. The van der Waals surface area contributed by atoms with Gasteiger partial charge in [-0.3, -0.25) is 4.72 Å². The molecule has 0 saturated heterocycles. The summed E-state index contributed by atoms with van der Waals surface area (Å²) in [6.45, 7) is 1.94. The van der Waals surface area contributed by atoms with E-state index in [1.165, 1.54) is 19.2 Å². The molecule has 1 unspecified atom stereocenters. The van der Waals surface area contributed by atoms with Crippen LogP contribution in [0, 0.1) is 0 Å². The molecule has 0 spiro atoms. The van der Waals surface area contributed by atoms with Crippen LogP contribution in [0.4, 0.5) is 5.69 Å². The largest absolute Gasteiger partial charge is 0.497 e. The van der Waals surface area contributed by atoms with Crippen molar-refractivity contribution in [3.8, 4) is 5.75 Å². The van der Waals surface area contributed by atoms with Gasteiger partial charge in [-0.15, -0.1) is 0 Å². The minimum Gasteiger partial charge on any atom is -0.497 e. The van der Waals surface area contributed by atoms with Crippen LogP contribution in [0.1, 0.15) is 17.3 Å². The highest BCUT2D eigenvalue weighted by Crippen LogP contribution is 2.30. The third-order valence-electron chi connectivity index (χ3n) is 3.00. The molecule has 112 valence electrons. The van der Waals surface area contributed by atoms with E-state index in [-0.39, 0.29) is 9.72 Å². The van der Waals surface area contributed by atoms with Crippen molar-refractivity contribution in [3.05, 3.63) is 54.1 Å². The van der Waals surface area contributed by atoms with Crippen LogP contribution in [0.15, 0.2) is 53.4 Å². The molecule has 2 rings (SSSR count). The molecule has 0 heterocycles. The van der Waals surface area contributed by atoms with E-state index in [0.717, 1.165) is 5.56 Å². The van der Waals surface area contributed by atoms with Crippen LogP contribution in [0.25, 0.3) is 0 Å². The highest BCUT2D eigenvalue weighted by molar-refractivity contribution is 9.09. The zero-order chi connectivity index (χ0) is 15.5. The van der Waals surface area contributed by atoms with Gasteiger partial charge >= 0.3 is 0 Å². The van der Waals surface area contributed by atoms with Crippen molar-refractivity contribution in [1.82, 2.24) is 0 Å². The quantitative estimate of drug-likeness (QED) is 0.811. The van der Waals surface area contributed by atoms with Gasteiger partial charge in [0.2, 0.25) is 0 Å². The molecule has 6 heteroatoms. The van der Waals surface area contributed by atoms with E-state index in [9.17, 15) is 8.42 Å². The van der Waals surface area contributed by atoms with Crippen LogP contribution in [-0.4, -0.2) is 15.5 Å². The van der Waals surface area contributed by atoms with Gasteiger partial charge in [0.1, 0.15) is 5.75 Å². The van der Waals surface area contributed by atoms with E-state index in [4.69, 9.17) is 4.74 Å². The van der Waals surface area contributed by atoms with E-state index in [0.29, 0.717) is 11.4 Å². The average Bonchev–Trinajstić information content (AvgIpc) is 2.47. The number of hydrogen-bond acceptors (Lipinski definition) is 3. The third-order valence-corrected chi connectivity index (χ3v) is 4.88. The number of anilines is 1. The Kier molecular flexibility index (Phi) is 4.90. The first-order chi connectivity index (χ1) is 9.94. The van der Waals surface area contributed by atoms with E-state index < -0.39 is 10.0 Å². The van der Waals surface area contributed by atoms with Crippen LogP contribution in [0.3, 0.4) is 0 Å². The van der Waals surface area contributed by atoms with Crippen molar-refractivity contribution in [2.45, 2.75) is 16.6 Å². The predicted molar refractivity (Wildman–Crippen MR) is 87.6 cm³/mol. The molecule has 0 fully saturated rings. The second kappa shape index (κ2) is 6.49. The molecular weight excluding hydrogens is 354 g/mol. The number of methoxy groups -OCH3 is 1. The number of para-hydroxylation sites is 1. The summed E-state index contributed by atoms with van der Waals surface area (Å²) in [6.07, 6.45) is 0. The van der Waals surface area contributed by atoms with E-state index in [1.807, 2.05) is 19.1 Å². The standard InChI is InChI=1S/C15H16BrNO3S/c1-11(16)14-5-3-4-6-15(14)17-21(18,19)13-9-7-12(20-2)8-10-13/h3-11,17H,1-2H3. The third kappa shape index (κ3) is 3.77. The van der Waals surface area contributed by atoms with Crippen molar-refractivity contribution in [2.75, 3.05) is 11.8 Å². The molecule has 0 saturated carbocycles. The van der Waals surface area contributed by atoms with E-state index in [2.05, 4.69) is 20.7 Å². The van der Waals surface area contributed by atoms with Gasteiger partial charge in [-0.05, 0) is 42.8 Å². The lowest BCUT2D eigenvalue weighted by Gasteiger charge is -2.14. The summed E-state index contributed by atoms with van der Waals surface area (Å²) in [7, 11) is -2.08. The molecule has 0 aliphatic rings. The van der Waals surface area contributed by atoms with Gasteiger partial charge in [0.05, 0.1) is 17.7 Å². The number of benzene rings is 2. The molecule has 21 heavy (non-hydrogen) atoms. The van der Waals surface area contributed by atoms with Crippen molar-refractivity contribution in [2.24, 2.45) is 0 Å². The van der Waals surface area contributed by atoms with Crippen molar-refractivity contribution >= 4 is 31.6 Å². The maximum absolute atomic E-state index is 12.4. The fraction of sp³-hybridized carbons (Fsp3) is 0.200. The number of halogens is 1. The monoisotopic (exact) mass is 369 g/mol. The number of ether oxygens (including phenoxy) is 1. The molecule has 1 atom stereocenters. The van der Waals surface area contributed by atoms with Crippen LogP contribution in [0.5, 0.6) is 5.75 Å². The molecule has 0 aliphatic heterocycles. The Bertz CT molecular complexity index is 712. The van der Waals surface area contributed by atoms with Crippen LogP contribution >= 0.6 is 15.9 Å². The minimum absolute atomic E-state index is 0.0484. The van der Waals surface area contributed by atoms with Gasteiger partial charge in [0, 0.05) is 4.83 Å². The molecule has 2 aromatic carbocycles. The molecule has 0 bridgehead atoms. The van der Waals surface area contributed by atoms with Gasteiger partial charge in [-0.2, -0.15) is 0 Å². The van der Waals surface area contributed by atoms with E-state index >= 15 is 0 Å². The Labute approximate surface area is 133 Å². The van der Waals surface area contributed by atoms with Crippen LogP contribution < -0.4 is 9.46 Å². The molecule has 0 aromatic heterocycles. The average molecular weight is 370 g/mol. The molecule has 2 aromatic rings. The summed E-state index contributed by atoms with van der Waals surface area (Å²) in [6, 6.07) is 13.6. The first kappa shape index (κ1) is 15.9. The summed E-state index contributed by atoms with van der Waals surface area (Å²) in [5.74, 6) is 0.614. The lowest BCUT2D eigenvalue weighted by Crippen LogP contribution is -2.14. The second-order valence-corrected chi connectivity index (χ2v) is 7.54.